The molecule has 0 saturated heterocycles. The zero-order valence-electron chi connectivity index (χ0n) is 29.0. The summed E-state index contributed by atoms with van der Waals surface area (Å²) in [5.74, 6) is 5.57. The van der Waals surface area contributed by atoms with E-state index in [4.69, 9.17) is 4.74 Å². The molecule has 8 atom stereocenters. The molecule has 2 heteroatoms. The van der Waals surface area contributed by atoms with E-state index in [1.807, 2.05) is 0 Å². The van der Waals surface area contributed by atoms with Gasteiger partial charge in [-0.3, -0.25) is 0 Å². The average molecular weight is 593 g/mol. The molecule has 238 valence electrons. The summed E-state index contributed by atoms with van der Waals surface area (Å²) in [5, 5.41) is 0. The lowest BCUT2D eigenvalue weighted by molar-refractivity contribution is -0.0638. The smallest absolute Gasteiger partial charge is 0.0612 e. The molecular weight excluding hydrogens is 525 g/mol. The molecule has 42 heavy (non-hydrogen) atoms. The van der Waals surface area contributed by atoms with Crippen LogP contribution in [0.2, 0.25) is 25.2 Å². The zero-order valence-corrected chi connectivity index (χ0v) is 30.0. The number of rotatable bonds is 14. The molecule has 5 aliphatic rings. The number of hydrogen-bond donors (Lipinski definition) is 0. The van der Waals surface area contributed by atoms with Crippen molar-refractivity contribution in [3.63, 3.8) is 0 Å². The highest BCUT2D eigenvalue weighted by atomic mass is 28.3. The van der Waals surface area contributed by atoms with Crippen LogP contribution in [0.4, 0.5) is 0 Å². The highest BCUT2D eigenvalue weighted by Gasteiger charge is 2.59. The molecule has 0 aromatic rings. The summed E-state index contributed by atoms with van der Waals surface area (Å²) < 4.78 is 6.63. The van der Waals surface area contributed by atoms with Gasteiger partial charge in [0.25, 0.3) is 0 Å². The van der Waals surface area contributed by atoms with Gasteiger partial charge in [-0.2, -0.15) is 0 Å². The monoisotopic (exact) mass is 593 g/mol. The molecule has 0 amide bonds. The zero-order chi connectivity index (χ0) is 30.0. The predicted molar refractivity (Wildman–Crippen MR) is 186 cm³/mol. The Balaban J connectivity index is 1.09. The van der Waals surface area contributed by atoms with Crippen LogP contribution < -0.4 is 0 Å². The largest absolute Gasteiger partial charge is 0.378 e. The highest BCUT2D eigenvalue weighted by molar-refractivity contribution is 6.77. The molecule has 0 heterocycles. The van der Waals surface area contributed by atoms with Gasteiger partial charge in [-0.15, -0.1) is 0 Å². The van der Waals surface area contributed by atoms with Crippen LogP contribution in [0.5, 0.6) is 0 Å². The normalized spacial score (nSPS) is 36.8. The fourth-order valence-corrected chi connectivity index (χ4v) is 13.7. The molecule has 0 aromatic heterocycles. The van der Waals surface area contributed by atoms with Gasteiger partial charge in [0.1, 0.15) is 0 Å². The Bertz CT molecular complexity index is 988. The van der Waals surface area contributed by atoms with Crippen molar-refractivity contribution in [2.24, 2.45) is 46.3 Å². The second kappa shape index (κ2) is 13.8. The standard InChI is InChI=1S/C40H68OSi/c1-30(2)13-10-14-31(3)36-20-21-37-35-19-18-33-29-34(22-24-39(33,4)38(35)23-25-40(36,37)5)41-26-12-28-42(6,7)27-11-17-32-15-8-9-16-32/h8-9,15,18,30-31,34-38H,10-14,16-17,19-29H2,1-7H3/t31-,34+,35+,36-,37+,38+,39+,40-/m1/s1. The van der Waals surface area contributed by atoms with Crippen molar-refractivity contribution in [1.29, 1.82) is 0 Å². The number of allylic oxidation sites excluding steroid dienone is 5. The molecule has 3 fully saturated rings. The molecule has 0 bridgehead atoms. The van der Waals surface area contributed by atoms with E-state index in [0.29, 0.717) is 16.9 Å². The first-order chi connectivity index (χ1) is 20.0. The Morgan fingerprint density at radius 2 is 1.74 bits per heavy atom. The van der Waals surface area contributed by atoms with Gasteiger partial charge in [-0.05, 0) is 117 Å². The van der Waals surface area contributed by atoms with Crippen molar-refractivity contribution in [3.8, 4) is 0 Å². The van der Waals surface area contributed by atoms with Crippen molar-refractivity contribution >= 4 is 8.07 Å². The van der Waals surface area contributed by atoms with Crippen LogP contribution in [0.3, 0.4) is 0 Å². The van der Waals surface area contributed by atoms with Crippen LogP contribution in [0.25, 0.3) is 0 Å². The van der Waals surface area contributed by atoms with E-state index in [0.717, 1.165) is 42.1 Å². The maximum absolute atomic E-state index is 6.63. The van der Waals surface area contributed by atoms with Crippen molar-refractivity contribution in [2.45, 2.75) is 162 Å². The highest BCUT2D eigenvalue weighted by Crippen LogP contribution is 2.67. The molecule has 0 aliphatic heterocycles. The van der Waals surface area contributed by atoms with Crippen LogP contribution in [-0.2, 0) is 4.74 Å². The second-order valence-corrected chi connectivity index (χ2v) is 22.9. The quantitative estimate of drug-likeness (QED) is 0.111. The first-order valence-corrected chi connectivity index (χ1v) is 22.1. The van der Waals surface area contributed by atoms with Crippen LogP contribution in [0.15, 0.2) is 35.5 Å². The predicted octanol–water partition coefficient (Wildman–Crippen LogP) is 12.2. The van der Waals surface area contributed by atoms with E-state index < -0.39 is 8.07 Å². The third-order valence-electron chi connectivity index (χ3n) is 13.8. The van der Waals surface area contributed by atoms with Crippen molar-refractivity contribution in [1.82, 2.24) is 0 Å². The first kappa shape index (κ1) is 32.8. The van der Waals surface area contributed by atoms with E-state index in [-0.39, 0.29) is 0 Å². The van der Waals surface area contributed by atoms with Crippen LogP contribution >= 0.6 is 0 Å². The Labute approximate surface area is 262 Å². The van der Waals surface area contributed by atoms with Gasteiger partial charge < -0.3 is 4.74 Å². The van der Waals surface area contributed by atoms with Crippen LogP contribution in [-0.4, -0.2) is 20.8 Å². The van der Waals surface area contributed by atoms with Crippen molar-refractivity contribution in [3.05, 3.63) is 35.5 Å². The summed E-state index contributed by atoms with van der Waals surface area (Å²) in [6, 6.07) is 2.90. The summed E-state index contributed by atoms with van der Waals surface area (Å²) in [4.78, 5) is 0. The minimum Gasteiger partial charge on any atom is -0.378 e. The van der Waals surface area contributed by atoms with E-state index in [1.165, 1.54) is 108 Å². The van der Waals surface area contributed by atoms with Crippen LogP contribution in [0.1, 0.15) is 131 Å². The molecular formula is C40H68OSi. The Morgan fingerprint density at radius 3 is 2.50 bits per heavy atom. The van der Waals surface area contributed by atoms with Gasteiger partial charge in [0.2, 0.25) is 0 Å². The Kier molecular flexibility index (Phi) is 10.8. The number of ether oxygens (including phenoxy) is 1. The lowest BCUT2D eigenvalue weighted by Crippen LogP contribution is -2.51. The van der Waals surface area contributed by atoms with E-state index in [2.05, 4.69) is 72.0 Å². The lowest BCUT2D eigenvalue weighted by atomic mass is 9.47. The minimum atomic E-state index is -1.10. The van der Waals surface area contributed by atoms with Crippen LogP contribution in [0, 0.1) is 46.3 Å². The van der Waals surface area contributed by atoms with E-state index in [9.17, 15) is 0 Å². The molecule has 0 radical (unpaired) electrons. The van der Waals surface area contributed by atoms with Gasteiger partial charge in [0.15, 0.2) is 0 Å². The Morgan fingerprint density at radius 1 is 0.929 bits per heavy atom. The third-order valence-corrected chi connectivity index (χ3v) is 17.2. The lowest BCUT2D eigenvalue weighted by Gasteiger charge is -2.58. The van der Waals surface area contributed by atoms with Gasteiger partial charge in [0, 0.05) is 14.7 Å². The van der Waals surface area contributed by atoms with E-state index in [1.54, 1.807) is 11.1 Å². The topological polar surface area (TPSA) is 9.23 Å². The summed E-state index contributed by atoms with van der Waals surface area (Å²) in [5.41, 5.74) is 4.49. The summed E-state index contributed by atoms with van der Waals surface area (Å²) in [6.07, 6.45) is 30.8. The molecule has 5 aliphatic carbocycles. The molecule has 1 nitrogen and oxygen atoms in total. The number of hydrogen-bond acceptors (Lipinski definition) is 1. The SMILES string of the molecule is CC(C)CCC[C@@H](C)[C@H]1CC[C@H]2[C@@H]3CC=C4C[C@@H](OCCC[Si](C)(C)CCCC5=CC=CC5)CC[C@]4(C)[C@H]3CC[C@]12C. The summed E-state index contributed by atoms with van der Waals surface area (Å²) >= 11 is 0. The molecule has 3 saturated carbocycles. The van der Waals surface area contributed by atoms with Gasteiger partial charge in [-0.1, -0.05) is 121 Å². The Hall–Kier alpha value is -0.603. The molecule has 0 spiro atoms. The van der Waals surface area contributed by atoms with E-state index >= 15 is 0 Å². The molecule has 0 aromatic carbocycles. The first-order valence-electron chi connectivity index (χ1n) is 18.7. The number of fused-ring (bicyclic) bond motifs is 5. The van der Waals surface area contributed by atoms with Crippen molar-refractivity contribution in [2.75, 3.05) is 6.61 Å². The van der Waals surface area contributed by atoms with Gasteiger partial charge in [-0.25, -0.2) is 0 Å². The molecule has 0 unspecified atom stereocenters. The minimum absolute atomic E-state index is 0.449. The van der Waals surface area contributed by atoms with Gasteiger partial charge in [0.05, 0.1) is 6.10 Å². The maximum atomic E-state index is 6.63. The molecule has 0 N–H and O–H groups in total. The van der Waals surface area contributed by atoms with Crippen molar-refractivity contribution < 1.29 is 4.74 Å². The molecule has 5 rings (SSSR count). The maximum Gasteiger partial charge on any atom is 0.0612 e. The third kappa shape index (κ3) is 7.27. The fourth-order valence-electron chi connectivity index (χ4n) is 11.2. The fraction of sp³-hybridized carbons (Fsp3) is 0.850. The summed E-state index contributed by atoms with van der Waals surface area (Å²) in [6.45, 7) is 19.0. The summed E-state index contributed by atoms with van der Waals surface area (Å²) in [7, 11) is -1.10. The van der Waals surface area contributed by atoms with Gasteiger partial charge >= 0.3 is 0 Å². The second-order valence-electron chi connectivity index (χ2n) is 17.6. The average Bonchev–Trinajstić information content (AvgIpc) is 3.58.